The van der Waals surface area contributed by atoms with Crippen molar-refractivity contribution in [3.8, 4) is 0 Å². The minimum atomic E-state index is -1.36. The van der Waals surface area contributed by atoms with Crippen molar-refractivity contribution in [1.82, 2.24) is 0 Å². The number of halogens is 3. The molecule has 0 saturated heterocycles. The molecule has 0 rings (SSSR count). The van der Waals surface area contributed by atoms with Crippen LogP contribution in [0.4, 0.5) is 4.79 Å². The Labute approximate surface area is 56.0 Å². The molecule has 0 atom stereocenters. The average molecular weight is 165 g/mol. The SMILES string of the molecule is ClCCl.O=C(O)Cl. The molecular weight excluding hydrogens is 162 g/mol. The summed E-state index contributed by atoms with van der Waals surface area (Å²) in [5, 5.41) is 7.38. The van der Waals surface area contributed by atoms with Crippen LogP contribution in [-0.2, 0) is 0 Å². The van der Waals surface area contributed by atoms with Crippen LogP contribution in [0, 0.1) is 0 Å². The van der Waals surface area contributed by atoms with Gasteiger partial charge < -0.3 is 5.11 Å². The summed E-state index contributed by atoms with van der Waals surface area (Å²) in [6.45, 7) is 0. The predicted octanol–water partition coefficient (Wildman–Crippen LogP) is 2.32. The van der Waals surface area contributed by atoms with E-state index in [1.807, 2.05) is 0 Å². The lowest BCUT2D eigenvalue weighted by Crippen LogP contribution is -1.66. The first-order valence-corrected chi connectivity index (χ1v) is 2.60. The zero-order chi connectivity index (χ0) is 6.28. The Kier molecular flexibility index (Phi) is 14.2. The summed E-state index contributed by atoms with van der Waals surface area (Å²) in [4.78, 5) is 8.77. The first kappa shape index (κ1) is 10.3. The van der Waals surface area contributed by atoms with E-state index >= 15 is 0 Å². The maximum Gasteiger partial charge on any atom is 0.401 e. The minimum absolute atomic E-state index is 0.194. The third-order valence-corrected chi connectivity index (χ3v) is 0. The quantitative estimate of drug-likeness (QED) is 0.442. The molecule has 0 aromatic carbocycles. The predicted molar refractivity (Wildman–Crippen MR) is 30.5 cm³/mol. The monoisotopic (exact) mass is 164 g/mol. The standard InChI is InChI=1S/CH2Cl2.CHClO2/c2-1-3;2-1(3)4/h1H2;(H,3,4). The average Bonchev–Trinajstić information content (AvgIpc) is 1.33. The second-order valence-electron chi connectivity index (χ2n) is 0.354. The summed E-state index contributed by atoms with van der Waals surface area (Å²) in [5.41, 5.74) is -1.36. The Morgan fingerprint density at radius 3 is 1.57 bits per heavy atom. The lowest BCUT2D eigenvalue weighted by Gasteiger charge is -1.55. The topological polar surface area (TPSA) is 37.3 Å². The summed E-state index contributed by atoms with van der Waals surface area (Å²) in [5.74, 6) is 0. The van der Waals surface area contributed by atoms with E-state index in [0.717, 1.165) is 0 Å². The smallest absolute Gasteiger partial charge is 0.401 e. The number of carbonyl (C=O) groups is 1. The summed E-state index contributed by atoms with van der Waals surface area (Å²) in [6.07, 6.45) is 0. The van der Waals surface area contributed by atoms with E-state index in [1.165, 1.54) is 0 Å². The second kappa shape index (κ2) is 9.60. The van der Waals surface area contributed by atoms with Crippen molar-refractivity contribution in [3.63, 3.8) is 0 Å². The van der Waals surface area contributed by atoms with E-state index in [2.05, 4.69) is 11.6 Å². The van der Waals surface area contributed by atoms with Gasteiger partial charge in [0.05, 0.1) is 5.34 Å². The Morgan fingerprint density at radius 1 is 1.57 bits per heavy atom. The lowest BCUT2D eigenvalue weighted by atomic mass is 11.6. The molecule has 0 spiro atoms. The molecule has 2 nitrogen and oxygen atoms in total. The van der Waals surface area contributed by atoms with Crippen molar-refractivity contribution >= 4 is 40.2 Å². The first-order chi connectivity index (χ1) is 3.15. The van der Waals surface area contributed by atoms with Gasteiger partial charge in [-0.2, -0.15) is 0 Å². The highest BCUT2D eigenvalue weighted by atomic mass is 35.5. The van der Waals surface area contributed by atoms with E-state index in [1.54, 1.807) is 0 Å². The van der Waals surface area contributed by atoms with E-state index in [4.69, 9.17) is 33.1 Å². The van der Waals surface area contributed by atoms with E-state index in [0.29, 0.717) is 0 Å². The van der Waals surface area contributed by atoms with Gasteiger partial charge in [0.1, 0.15) is 0 Å². The van der Waals surface area contributed by atoms with Gasteiger partial charge in [0.25, 0.3) is 0 Å². The van der Waals surface area contributed by atoms with Crippen LogP contribution in [-0.4, -0.2) is 15.9 Å². The Morgan fingerprint density at radius 2 is 1.57 bits per heavy atom. The first-order valence-electron chi connectivity index (χ1n) is 1.15. The van der Waals surface area contributed by atoms with Gasteiger partial charge in [0.2, 0.25) is 0 Å². The zero-order valence-electron chi connectivity index (χ0n) is 3.20. The Balaban J connectivity index is 0. The molecule has 0 aromatic rings. The summed E-state index contributed by atoms with van der Waals surface area (Å²) < 4.78 is 0. The van der Waals surface area contributed by atoms with Gasteiger partial charge in [-0.15, -0.1) is 23.2 Å². The third-order valence-electron chi connectivity index (χ3n) is 0. The highest BCUT2D eigenvalue weighted by Crippen LogP contribution is 1.73. The van der Waals surface area contributed by atoms with Gasteiger partial charge in [-0.05, 0) is 0 Å². The lowest BCUT2D eigenvalue weighted by molar-refractivity contribution is 0.220. The van der Waals surface area contributed by atoms with E-state index in [9.17, 15) is 0 Å². The Hall–Kier alpha value is 0.340. The van der Waals surface area contributed by atoms with Gasteiger partial charge in [-0.1, -0.05) is 0 Å². The van der Waals surface area contributed by atoms with Crippen LogP contribution < -0.4 is 0 Å². The zero-order valence-corrected chi connectivity index (χ0v) is 5.46. The number of carboxylic acid groups (broad SMARTS) is 1. The maximum absolute atomic E-state index is 8.77. The third kappa shape index (κ3) is 1030. The number of hydrogen-bond donors (Lipinski definition) is 1. The van der Waals surface area contributed by atoms with Crippen molar-refractivity contribution in [3.05, 3.63) is 0 Å². The maximum atomic E-state index is 8.77. The molecule has 0 unspecified atom stereocenters. The fraction of sp³-hybridized carbons (Fsp3) is 0.500. The summed E-state index contributed by atoms with van der Waals surface area (Å²) >= 11 is 13.7. The molecule has 44 valence electrons. The number of hydrogen-bond acceptors (Lipinski definition) is 1. The number of rotatable bonds is 0. The van der Waals surface area contributed by atoms with Crippen molar-refractivity contribution in [2.24, 2.45) is 0 Å². The molecule has 0 aliphatic carbocycles. The summed E-state index contributed by atoms with van der Waals surface area (Å²) in [6, 6.07) is 0. The molecular formula is C2H3Cl3O2. The van der Waals surface area contributed by atoms with Crippen molar-refractivity contribution in [1.29, 1.82) is 0 Å². The highest BCUT2D eigenvalue weighted by Gasteiger charge is 1.71. The molecule has 0 saturated carbocycles. The fourth-order valence-electron chi connectivity index (χ4n) is 0. The van der Waals surface area contributed by atoms with Crippen molar-refractivity contribution in [2.45, 2.75) is 0 Å². The van der Waals surface area contributed by atoms with Crippen LogP contribution in [0.25, 0.3) is 0 Å². The van der Waals surface area contributed by atoms with Gasteiger partial charge in [-0.3, -0.25) is 0 Å². The van der Waals surface area contributed by atoms with Gasteiger partial charge in [-0.25, -0.2) is 4.79 Å². The van der Waals surface area contributed by atoms with E-state index in [-0.39, 0.29) is 5.34 Å². The largest absolute Gasteiger partial charge is 0.469 e. The summed E-state index contributed by atoms with van der Waals surface area (Å²) in [7, 11) is 0. The number of alkyl halides is 2. The van der Waals surface area contributed by atoms with Crippen LogP contribution in [0.1, 0.15) is 0 Å². The van der Waals surface area contributed by atoms with Crippen LogP contribution in [0.15, 0.2) is 0 Å². The van der Waals surface area contributed by atoms with Crippen LogP contribution in [0.3, 0.4) is 0 Å². The molecule has 0 aromatic heterocycles. The fourth-order valence-corrected chi connectivity index (χ4v) is 0. The molecule has 0 fully saturated rings. The molecule has 0 radical (unpaired) electrons. The van der Waals surface area contributed by atoms with Gasteiger partial charge >= 0.3 is 5.43 Å². The molecule has 7 heavy (non-hydrogen) atoms. The van der Waals surface area contributed by atoms with Crippen LogP contribution in [0.5, 0.6) is 0 Å². The van der Waals surface area contributed by atoms with Crippen LogP contribution >= 0.6 is 34.8 Å². The van der Waals surface area contributed by atoms with Gasteiger partial charge in [0, 0.05) is 11.6 Å². The molecule has 0 aliphatic rings. The molecule has 1 N–H and O–H groups in total. The highest BCUT2D eigenvalue weighted by molar-refractivity contribution is 6.60. The van der Waals surface area contributed by atoms with Crippen LogP contribution in [0.2, 0.25) is 0 Å². The molecule has 5 heteroatoms. The van der Waals surface area contributed by atoms with Crippen molar-refractivity contribution in [2.75, 3.05) is 5.34 Å². The van der Waals surface area contributed by atoms with Gasteiger partial charge in [0.15, 0.2) is 0 Å². The van der Waals surface area contributed by atoms with Crippen molar-refractivity contribution < 1.29 is 9.90 Å². The minimum Gasteiger partial charge on any atom is -0.469 e. The Bertz CT molecular complexity index is 42.2. The normalized spacial score (nSPS) is 6.14. The molecule has 0 bridgehead atoms. The molecule has 0 heterocycles. The molecule has 0 aliphatic heterocycles. The van der Waals surface area contributed by atoms with E-state index < -0.39 is 5.43 Å². The molecule has 0 amide bonds. The second-order valence-corrected chi connectivity index (χ2v) is 1.49.